The predicted octanol–water partition coefficient (Wildman–Crippen LogP) is 5.25. The summed E-state index contributed by atoms with van der Waals surface area (Å²) in [5.74, 6) is 2.09. The summed E-state index contributed by atoms with van der Waals surface area (Å²) < 4.78 is 0. The maximum absolute atomic E-state index is 6.28. The van der Waals surface area contributed by atoms with Crippen LogP contribution in [0.25, 0.3) is 11.3 Å². The zero-order valence-corrected chi connectivity index (χ0v) is 19.5. The minimum Gasteiger partial charge on any atom is -0.370 e. The monoisotopic (exact) mass is 467 g/mol. The van der Waals surface area contributed by atoms with Crippen LogP contribution in [-0.2, 0) is 11.8 Å². The van der Waals surface area contributed by atoms with Gasteiger partial charge in [-0.3, -0.25) is 0 Å². The predicted molar refractivity (Wildman–Crippen MR) is 127 cm³/mol. The number of H-pyrrole nitrogens is 1. The van der Waals surface area contributed by atoms with E-state index in [-0.39, 0.29) is 0 Å². The van der Waals surface area contributed by atoms with Crippen LogP contribution in [0.4, 0.5) is 5.82 Å². The molecule has 0 atom stereocenters. The number of aromatic amines is 1. The molecular formula is C23H23Cl2N7. The highest BCUT2D eigenvalue weighted by atomic mass is 35.5. The number of hydrogen-bond acceptors (Lipinski definition) is 6. The Bertz CT molecular complexity index is 1220. The lowest BCUT2D eigenvalue weighted by Gasteiger charge is -2.21. The van der Waals surface area contributed by atoms with Crippen LogP contribution in [0.3, 0.4) is 0 Å². The molecule has 2 N–H and O–H groups in total. The number of nitrogens with zero attached hydrogens (tertiary/aromatic N) is 5. The Labute approximate surface area is 196 Å². The van der Waals surface area contributed by atoms with Crippen molar-refractivity contribution < 1.29 is 0 Å². The average Bonchev–Trinajstić information content (AvgIpc) is 3.31. The maximum atomic E-state index is 6.28. The minimum absolute atomic E-state index is 0.399. The molecule has 0 spiro atoms. The first-order valence-corrected chi connectivity index (χ1v) is 11.0. The largest absolute Gasteiger partial charge is 0.370 e. The fourth-order valence-electron chi connectivity index (χ4n) is 3.48. The molecule has 164 valence electrons. The topological polar surface area (TPSA) is 92.3 Å². The second kappa shape index (κ2) is 9.22. The molecule has 2 heterocycles. The number of benzene rings is 2. The minimum atomic E-state index is -0.399. The summed E-state index contributed by atoms with van der Waals surface area (Å²) >= 11 is 12.3. The van der Waals surface area contributed by atoms with Gasteiger partial charge in [0.15, 0.2) is 5.82 Å². The van der Waals surface area contributed by atoms with E-state index in [2.05, 4.69) is 61.9 Å². The van der Waals surface area contributed by atoms with Gasteiger partial charge in [-0.25, -0.2) is 9.97 Å². The standard InChI is InChI=1S/C23H23Cl2N7/c1-14-27-20(13-21(28-14)26-10-9-15-7-8-18(24)12-19(15)25)16-5-4-6-17(11-16)23(2,3)22-29-31-32-30-22/h4-8,11-13H,9-10H2,1-3H3,(H,26,27,28)(H,29,30,31,32). The summed E-state index contributed by atoms with van der Waals surface area (Å²) in [5, 5.41) is 19.2. The van der Waals surface area contributed by atoms with Crippen molar-refractivity contribution in [2.75, 3.05) is 11.9 Å². The Kier molecular flexibility index (Phi) is 6.39. The van der Waals surface area contributed by atoms with Gasteiger partial charge in [0.1, 0.15) is 11.6 Å². The van der Waals surface area contributed by atoms with E-state index in [0.717, 1.165) is 34.6 Å². The summed E-state index contributed by atoms with van der Waals surface area (Å²) in [7, 11) is 0. The van der Waals surface area contributed by atoms with E-state index >= 15 is 0 Å². The second-order valence-corrected chi connectivity index (χ2v) is 8.88. The molecule has 0 unspecified atom stereocenters. The third kappa shape index (κ3) is 4.89. The van der Waals surface area contributed by atoms with Gasteiger partial charge in [-0.15, -0.1) is 10.2 Å². The third-order valence-corrected chi connectivity index (χ3v) is 5.92. The summed E-state index contributed by atoms with van der Waals surface area (Å²) in [6.07, 6.45) is 0.753. The van der Waals surface area contributed by atoms with E-state index in [1.54, 1.807) is 6.07 Å². The maximum Gasteiger partial charge on any atom is 0.184 e. The van der Waals surface area contributed by atoms with Crippen LogP contribution in [0.15, 0.2) is 48.5 Å². The van der Waals surface area contributed by atoms with Gasteiger partial charge in [0, 0.05) is 28.2 Å². The summed E-state index contributed by atoms with van der Waals surface area (Å²) in [6.45, 7) is 6.70. The van der Waals surface area contributed by atoms with Gasteiger partial charge in [-0.05, 0) is 56.5 Å². The second-order valence-electron chi connectivity index (χ2n) is 8.04. The van der Waals surface area contributed by atoms with Crippen molar-refractivity contribution in [3.63, 3.8) is 0 Å². The summed E-state index contributed by atoms with van der Waals surface area (Å²) in [5.41, 5.74) is 3.54. The van der Waals surface area contributed by atoms with Crippen LogP contribution in [0.2, 0.25) is 10.0 Å². The van der Waals surface area contributed by atoms with Gasteiger partial charge < -0.3 is 5.32 Å². The number of anilines is 1. The molecule has 9 heteroatoms. The van der Waals surface area contributed by atoms with E-state index in [9.17, 15) is 0 Å². The number of rotatable bonds is 7. The molecule has 0 saturated heterocycles. The van der Waals surface area contributed by atoms with Crippen LogP contribution < -0.4 is 5.32 Å². The van der Waals surface area contributed by atoms with E-state index in [4.69, 9.17) is 23.2 Å². The molecule has 2 aromatic carbocycles. The van der Waals surface area contributed by atoms with Crippen molar-refractivity contribution in [3.8, 4) is 11.3 Å². The zero-order chi connectivity index (χ0) is 22.7. The van der Waals surface area contributed by atoms with E-state index in [1.165, 1.54) is 0 Å². The molecule has 2 aromatic heterocycles. The van der Waals surface area contributed by atoms with Crippen molar-refractivity contribution in [3.05, 3.63) is 81.4 Å². The third-order valence-electron chi connectivity index (χ3n) is 5.34. The fourth-order valence-corrected chi connectivity index (χ4v) is 3.98. The molecule has 0 radical (unpaired) electrons. The lowest BCUT2D eigenvalue weighted by molar-refractivity contribution is 0.591. The first-order valence-electron chi connectivity index (χ1n) is 10.2. The van der Waals surface area contributed by atoms with Crippen molar-refractivity contribution in [2.45, 2.75) is 32.6 Å². The highest BCUT2D eigenvalue weighted by Crippen LogP contribution is 2.31. The molecular weight excluding hydrogens is 445 g/mol. The molecule has 7 nitrogen and oxygen atoms in total. The highest BCUT2D eigenvalue weighted by Gasteiger charge is 2.28. The number of aryl methyl sites for hydroxylation is 1. The van der Waals surface area contributed by atoms with Gasteiger partial charge in [0.2, 0.25) is 0 Å². The SMILES string of the molecule is Cc1nc(NCCc2ccc(Cl)cc2Cl)cc(-c2cccc(C(C)(C)c3nn[nH]n3)c2)n1. The van der Waals surface area contributed by atoms with Crippen molar-refractivity contribution >= 4 is 29.0 Å². The van der Waals surface area contributed by atoms with Crippen molar-refractivity contribution in [2.24, 2.45) is 0 Å². The van der Waals surface area contributed by atoms with Gasteiger partial charge in [-0.2, -0.15) is 5.21 Å². The first kappa shape index (κ1) is 22.2. The number of tetrazole rings is 1. The molecule has 4 rings (SSSR count). The lowest BCUT2D eigenvalue weighted by Crippen LogP contribution is -2.21. The number of hydrogen-bond donors (Lipinski definition) is 2. The van der Waals surface area contributed by atoms with Crippen LogP contribution >= 0.6 is 23.2 Å². The highest BCUT2D eigenvalue weighted by molar-refractivity contribution is 6.35. The average molecular weight is 468 g/mol. The molecule has 0 fully saturated rings. The van der Waals surface area contributed by atoms with Gasteiger partial charge in [-0.1, -0.05) is 52.7 Å². The fraction of sp³-hybridized carbons (Fsp3) is 0.261. The number of halogens is 2. The molecule has 0 bridgehead atoms. The molecule has 0 amide bonds. The van der Waals surface area contributed by atoms with Crippen molar-refractivity contribution in [1.82, 2.24) is 30.6 Å². The normalized spacial score (nSPS) is 11.5. The van der Waals surface area contributed by atoms with Crippen LogP contribution in [0, 0.1) is 6.92 Å². The first-order chi connectivity index (χ1) is 15.3. The van der Waals surface area contributed by atoms with Gasteiger partial charge >= 0.3 is 0 Å². The molecule has 0 aliphatic carbocycles. The quantitative estimate of drug-likeness (QED) is 0.385. The van der Waals surface area contributed by atoms with Crippen LogP contribution in [0.5, 0.6) is 0 Å². The lowest BCUT2D eigenvalue weighted by atomic mass is 9.83. The smallest absolute Gasteiger partial charge is 0.184 e. The molecule has 4 aromatic rings. The Hall–Kier alpha value is -3.03. The molecule has 0 aliphatic heterocycles. The van der Waals surface area contributed by atoms with Crippen molar-refractivity contribution in [1.29, 1.82) is 0 Å². The Morgan fingerprint density at radius 1 is 1.03 bits per heavy atom. The Balaban J connectivity index is 1.54. The van der Waals surface area contributed by atoms with Gasteiger partial charge in [0.05, 0.1) is 11.1 Å². The number of aromatic nitrogens is 6. The van der Waals surface area contributed by atoms with Crippen LogP contribution in [-0.4, -0.2) is 37.1 Å². The molecule has 0 aliphatic rings. The van der Waals surface area contributed by atoms with Crippen LogP contribution in [0.1, 0.15) is 36.6 Å². The summed E-state index contributed by atoms with van der Waals surface area (Å²) in [6, 6.07) is 15.7. The van der Waals surface area contributed by atoms with E-state index in [1.807, 2.05) is 37.3 Å². The zero-order valence-electron chi connectivity index (χ0n) is 18.0. The Morgan fingerprint density at radius 3 is 2.62 bits per heavy atom. The Morgan fingerprint density at radius 2 is 1.88 bits per heavy atom. The summed E-state index contributed by atoms with van der Waals surface area (Å²) in [4.78, 5) is 9.17. The number of nitrogens with one attached hydrogen (secondary N) is 2. The molecule has 0 saturated carbocycles. The molecule has 32 heavy (non-hydrogen) atoms. The van der Waals surface area contributed by atoms with E-state index in [0.29, 0.717) is 28.2 Å². The van der Waals surface area contributed by atoms with E-state index < -0.39 is 5.41 Å². The van der Waals surface area contributed by atoms with Gasteiger partial charge in [0.25, 0.3) is 0 Å².